The number of urea groups is 1. The molecule has 1 heterocycles. The second-order valence-corrected chi connectivity index (χ2v) is 4.60. The molecular weight excluding hydrogens is 262 g/mol. The fourth-order valence-electron chi connectivity index (χ4n) is 2.08. The molecule has 0 bridgehead atoms. The van der Waals surface area contributed by atoms with Crippen molar-refractivity contribution >= 4 is 23.4 Å². The molecule has 1 atom stereocenters. The topological polar surface area (TPSA) is 93.1 Å². The number of benzene rings is 1. The molecule has 0 aromatic heterocycles. The molecule has 108 valence electrons. The van der Waals surface area contributed by atoms with Crippen LogP contribution in [0.5, 0.6) is 0 Å². The number of anilines is 2. The molecule has 1 aliphatic heterocycles. The van der Waals surface area contributed by atoms with Crippen molar-refractivity contribution in [2.45, 2.75) is 6.10 Å². The molecule has 0 aliphatic carbocycles. The van der Waals surface area contributed by atoms with E-state index in [-0.39, 0.29) is 6.54 Å². The molecule has 1 aromatic carbocycles. The number of rotatable bonds is 3. The fraction of sp³-hybridized carbons (Fsp3) is 0.385. The number of nitrogens with zero attached hydrogens (tertiary/aromatic N) is 2. The third-order valence-electron chi connectivity index (χ3n) is 3.22. The van der Waals surface area contributed by atoms with Crippen molar-refractivity contribution in [3.63, 3.8) is 0 Å². The van der Waals surface area contributed by atoms with E-state index in [1.807, 2.05) is 36.2 Å². The number of carboxylic acids is 1. The first kappa shape index (κ1) is 14.1. The van der Waals surface area contributed by atoms with Crippen LogP contribution in [0.15, 0.2) is 24.3 Å². The van der Waals surface area contributed by atoms with Crippen LogP contribution in [0.1, 0.15) is 0 Å². The summed E-state index contributed by atoms with van der Waals surface area (Å²) < 4.78 is 0. The van der Waals surface area contributed by atoms with Crippen LogP contribution in [0.4, 0.5) is 16.2 Å². The molecule has 2 rings (SSSR count). The third-order valence-corrected chi connectivity index (χ3v) is 3.22. The first-order valence-corrected chi connectivity index (χ1v) is 6.27. The summed E-state index contributed by atoms with van der Waals surface area (Å²) in [6.45, 7) is 0.872. The Morgan fingerprint density at radius 1 is 1.30 bits per heavy atom. The van der Waals surface area contributed by atoms with Crippen molar-refractivity contribution in [1.29, 1.82) is 0 Å². The van der Waals surface area contributed by atoms with Gasteiger partial charge in [-0.25, -0.2) is 9.59 Å². The van der Waals surface area contributed by atoms with Gasteiger partial charge in [-0.15, -0.1) is 0 Å². The summed E-state index contributed by atoms with van der Waals surface area (Å²) in [5.74, 6) is -1.36. The highest BCUT2D eigenvalue weighted by Gasteiger charge is 2.25. The van der Waals surface area contributed by atoms with Gasteiger partial charge in [0.2, 0.25) is 0 Å². The Labute approximate surface area is 116 Å². The molecule has 7 heteroatoms. The van der Waals surface area contributed by atoms with E-state index in [1.54, 1.807) is 4.90 Å². The zero-order valence-electron chi connectivity index (χ0n) is 11.1. The first-order valence-electron chi connectivity index (χ1n) is 6.27. The van der Waals surface area contributed by atoms with E-state index in [2.05, 4.69) is 5.32 Å². The van der Waals surface area contributed by atoms with Crippen LogP contribution < -0.4 is 15.1 Å². The lowest BCUT2D eigenvalue weighted by Gasteiger charge is -2.35. The number of nitrogens with one attached hydrogen (secondary N) is 1. The van der Waals surface area contributed by atoms with Gasteiger partial charge in [0, 0.05) is 20.1 Å². The van der Waals surface area contributed by atoms with E-state index in [9.17, 15) is 14.7 Å². The maximum atomic E-state index is 12.1. The minimum Gasteiger partial charge on any atom is -0.479 e. The number of carbonyl (C=O) groups is 2. The quantitative estimate of drug-likeness (QED) is 0.729. The SMILES string of the molecule is CN1CCN(C(=O)NC[C@H](O)C(=O)O)c2ccccc21. The maximum Gasteiger partial charge on any atom is 0.334 e. The fourth-order valence-corrected chi connectivity index (χ4v) is 2.08. The summed E-state index contributed by atoms with van der Waals surface area (Å²) in [6, 6.07) is 7.07. The molecule has 0 unspecified atom stereocenters. The van der Waals surface area contributed by atoms with Gasteiger partial charge in [0.15, 0.2) is 6.10 Å². The van der Waals surface area contributed by atoms with E-state index in [0.717, 1.165) is 11.4 Å². The third kappa shape index (κ3) is 2.83. The molecule has 0 saturated heterocycles. The van der Waals surface area contributed by atoms with Gasteiger partial charge in [-0.05, 0) is 12.1 Å². The second kappa shape index (κ2) is 5.79. The van der Waals surface area contributed by atoms with Crippen LogP contribution in [0, 0.1) is 0 Å². The largest absolute Gasteiger partial charge is 0.479 e. The molecule has 0 saturated carbocycles. The summed E-state index contributed by atoms with van der Waals surface area (Å²) in [4.78, 5) is 26.2. The van der Waals surface area contributed by atoms with Gasteiger partial charge in [-0.1, -0.05) is 12.1 Å². The summed E-state index contributed by atoms with van der Waals surface area (Å²) >= 11 is 0. The lowest BCUT2D eigenvalue weighted by atomic mass is 10.2. The Hall–Kier alpha value is -2.28. The average molecular weight is 279 g/mol. The molecule has 0 radical (unpaired) electrons. The Kier molecular flexibility index (Phi) is 4.09. The minimum atomic E-state index is -1.60. The van der Waals surface area contributed by atoms with Crippen LogP contribution in [0.25, 0.3) is 0 Å². The average Bonchev–Trinajstić information content (AvgIpc) is 2.45. The molecule has 1 aliphatic rings. The van der Waals surface area contributed by atoms with Crippen LogP contribution in [-0.2, 0) is 4.79 Å². The van der Waals surface area contributed by atoms with Crippen LogP contribution in [-0.4, -0.2) is 55.0 Å². The summed E-state index contributed by atoms with van der Waals surface area (Å²) in [7, 11) is 1.95. The predicted octanol–water partition coefficient (Wildman–Crippen LogP) is 0.0979. The standard InChI is InChI=1S/C13H17N3O4/c1-15-6-7-16(10-5-3-2-4-9(10)15)13(20)14-8-11(17)12(18)19/h2-5,11,17H,6-8H2,1H3,(H,14,20)(H,18,19)/t11-/m0/s1. The molecule has 0 spiro atoms. The van der Waals surface area contributed by atoms with E-state index >= 15 is 0 Å². The summed E-state index contributed by atoms with van der Waals surface area (Å²) in [5.41, 5.74) is 1.70. The number of carboxylic acid groups (broad SMARTS) is 1. The molecule has 3 N–H and O–H groups in total. The monoisotopic (exact) mass is 279 g/mol. The van der Waals surface area contributed by atoms with E-state index in [4.69, 9.17) is 5.11 Å². The number of hydrogen-bond donors (Lipinski definition) is 3. The Morgan fingerprint density at radius 3 is 2.60 bits per heavy atom. The number of fused-ring (bicyclic) bond motifs is 1. The van der Waals surface area contributed by atoms with Gasteiger partial charge in [-0.2, -0.15) is 0 Å². The summed E-state index contributed by atoms with van der Waals surface area (Å²) in [6.07, 6.45) is -1.60. The zero-order chi connectivity index (χ0) is 14.7. The van der Waals surface area contributed by atoms with Crippen molar-refractivity contribution in [3.05, 3.63) is 24.3 Å². The van der Waals surface area contributed by atoms with Crippen molar-refractivity contribution in [2.24, 2.45) is 0 Å². The van der Waals surface area contributed by atoms with Crippen molar-refractivity contribution < 1.29 is 19.8 Å². The lowest BCUT2D eigenvalue weighted by molar-refractivity contribution is -0.146. The molecule has 7 nitrogen and oxygen atoms in total. The van der Waals surface area contributed by atoms with Gasteiger partial charge < -0.3 is 20.4 Å². The molecule has 1 aromatic rings. The number of para-hydroxylation sites is 2. The first-order chi connectivity index (χ1) is 9.50. The van der Waals surface area contributed by atoms with Gasteiger partial charge in [0.1, 0.15) is 0 Å². The second-order valence-electron chi connectivity index (χ2n) is 4.60. The lowest BCUT2D eigenvalue weighted by Crippen LogP contribution is -2.49. The Morgan fingerprint density at radius 2 is 1.95 bits per heavy atom. The maximum absolute atomic E-state index is 12.1. The normalized spacial score (nSPS) is 15.5. The van der Waals surface area contributed by atoms with Crippen molar-refractivity contribution in [3.8, 4) is 0 Å². The van der Waals surface area contributed by atoms with Gasteiger partial charge in [-0.3, -0.25) is 4.90 Å². The number of aliphatic hydroxyl groups excluding tert-OH is 1. The molecular formula is C13H17N3O4. The molecule has 20 heavy (non-hydrogen) atoms. The van der Waals surface area contributed by atoms with Gasteiger partial charge in [0.25, 0.3) is 0 Å². The van der Waals surface area contributed by atoms with Crippen molar-refractivity contribution in [1.82, 2.24) is 5.32 Å². The van der Waals surface area contributed by atoms with Crippen LogP contribution >= 0.6 is 0 Å². The van der Waals surface area contributed by atoms with E-state index < -0.39 is 18.1 Å². The molecule has 2 amide bonds. The minimum absolute atomic E-state index is 0.317. The van der Waals surface area contributed by atoms with Gasteiger partial charge in [0.05, 0.1) is 17.9 Å². The van der Waals surface area contributed by atoms with Crippen LogP contribution in [0.3, 0.4) is 0 Å². The number of aliphatic hydroxyl groups is 1. The van der Waals surface area contributed by atoms with Crippen LogP contribution in [0.2, 0.25) is 0 Å². The highest BCUT2D eigenvalue weighted by Crippen LogP contribution is 2.31. The smallest absolute Gasteiger partial charge is 0.334 e. The summed E-state index contributed by atoms with van der Waals surface area (Å²) in [5, 5.41) is 20.2. The number of hydrogen-bond acceptors (Lipinski definition) is 4. The van der Waals surface area contributed by atoms with E-state index in [1.165, 1.54) is 0 Å². The predicted molar refractivity (Wildman–Crippen MR) is 74.1 cm³/mol. The van der Waals surface area contributed by atoms with Gasteiger partial charge >= 0.3 is 12.0 Å². The highest BCUT2D eigenvalue weighted by atomic mass is 16.4. The number of aliphatic carboxylic acids is 1. The Bertz CT molecular complexity index is 520. The van der Waals surface area contributed by atoms with Crippen molar-refractivity contribution in [2.75, 3.05) is 36.5 Å². The molecule has 0 fully saturated rings. The highest BCUT2D eigenvalue weighted by molar-refractivity contribution is 5.97. The number of carbonyl (C=O) groups excluding carboxylic acids is 1. The number of amides is 2. The van der Waals surface area contributed by atoms with E-state index in [0.29, 0.717) is 13.1 Å². The zero-order valence-corrected chi connectivity index (χ0v) is 11.1. The number of likely N-dealkylation sites (N-methyl/N-ethyl adjacent to an activating group) is 1. The Balaban J connectivity index is 2.08.